The summed E-state index contributed by atoms with van der Waals surface area (Å²) in [7, 11) is 0. The molecule has 0 amide bonds. The van der Waals surface area contributed by atoms with Gasteiger partial charge in [-0.1, -0.05) is 0 Å². The number of hydrogen-bond acceptors (Lipinski definition) is 19. The van der Waals surface area contributed by atoms with Crippen LogP contribution < -0.4 is 17.2 Å². The molecule has 6 unspecified atom stereocenters. The van der Waals surface area contributed by atoms with Crippen LogP contribution in [0.3, 0.4) is 0 Å². The minimum absolute atomic E-state index is 0.0467. The third-order valence-corrected chi connectivity index (χ3v) is 7.35. The Balaban J connectivity index is 1.77. The van der Waals surface area contributed by atoms with Crippen LogP contribution in [0, 0.1) is 0 Å². The van der Waals surface area contributed by atoms with Crippen molar-refractivity contribution in [2.75, 3.05) is 59.5 Å². The number of nitrogens with two attached hydrogens (primary N) is 3. The minimum Gasteiger partial charge on any atom is -0.394 e. The monoisotopic (exact) mass is 633 g/mol. The van der Waals surface area contributed by atoms with Crippen LogP contribution in [-0.4, -0.2) is 192 Å². The smallest absolute Gasteiger partial charge is 0.176 e. The predicted octanol–water partition coefficient (Wildman–Crippen LogP) is -7.62. The maximum atomic E-state index is 11.3. The van der Waals surface area contributed by atoms with E-state index in [1.54, 1.807) is 0 Å². The Bertz CT molecular complexity index is 793. The molecule has 0 aromatic carbocycles. The Morgan fingerprint density at radius 1 is 0.488 bits per heavy atom. The van der Waals surface area contributed by atoms with Crippen LogP contribution in [0.25, 0.3) is 0 Å². The van der Waals surface area contributed by atoms with Gasteiger partial charge in [0.05, 0.1) is 77.6 Å². The number of aliphatic hydroxyl groups excluding tert-OH is 8. The van der Waals surface area contributed by atoms with Gasteiger partial charge in [0.2, 0.25) is 0 Å². The standard InChI is InChI=1S/C24H47N3O16/c25-13-18(33)20(11(39-22(13)35)8-37-5-2-29)42-24-15(27)19(34)21(12(41-24)9-38-6-3-30)43-23-14(26)17(32)16(31)10(40-23)7-36-4-1-28/h10-24,28-35H,1-9,25-27H2/t10?,11?,12?,13?,14?,15?,16-,17+,18+,19+,20+,21+,22-,23+,24+/m1/s1. The van der Waals surface area contributed by atoms with E-state index in [2.05, 4.69) is 0 Å². The third kappa shape index (κ3) is 9.39. The van der Waals surface area contributed by atoms with Crippen LogP contribution >= 0.6 is 0 Å². The normalized spacial score (nSPS) is 44.0. The zero-order valence-electron chi connectivity index (χ0n) is 23.6. The second kappa shape index (κ2) is 17.8. The summed E-state index contributed by atoms with van der Waals surface area (Å²) in [5.41, 5.74) is 18.2. The lowest BCUT2D eigenvalue weighted by Gasteiger charge is -2.49. The highest BCUT2D eigenvalue weighted by Gasteiger charge is 2.52. The summed E-state index contributed by atoms with van der Waals surface area (Å²) >= 11 is 0. The fourth-order valence-corrected chi connectivity index (χ4v) is 4.94. The Kier molecular flexibility index (Phi) is 15.2. The van der Waals surface area contributed by atoms with Crippen molar-refractivity contribution in [2.45, 2.75) is 91.9 Å². The van der Waals surface area contributed by atoms with Crippen LogP contribution in [0.15, 0.2) is 0 Å². The van der Waals surface area contributed by atoms with Crippen molar-refractivity contribution in [1.82, 2.24) is 0 Å². The topological polar surface area (TPSA) is 314 Å². The highest BCUT2D eigenvalue weighted by Crippen LogP contribution is 2.31. The van der Waals surface area contributed by atoms with E-state index in [4.69, 9.17) is 65.3 Å². The lowest BCUT2D eigenvalue weighted by Crippen LogP contribution is -2.69. The first-order valence-corrected chi connectivity index (χ1v) is 14.1. The quantitative estimate of drug-likeness (QED) is 0.0703. The summed E-state index contributed by atoms with van der Waals surface area (Å²) in [6.45, 7) is -1.76. The predicted molar refractivity (Wildman–Crippen MR) is 140 cm³/mol. The molecule has 3 saturated heterocycles. The molecule has 0 radical (unpaired) electrons. The second-order valence-electron chi connectivity index (χ2n) is 10.4. The van der Waals surface area contributed by atoms with Gasteiger partial charge in [-0.25, -0.2) is 0 Å². The zero-order valence-corrected chi connectivity index (χ0v) is 23.6. The fourth-order valence-electron chi connectivity index (χ4n) is 4.94. The Morgan fingerprint density at radius 2 is 0.884 bits per heavy atom. The van der Waals surface area contributed by atoms with E-state index >= 15 is 0 Å². The van der Waals surface area contributed by atoms with Crippen molar-refractivity contribution in [1.29, 1.82) is 0 Å². The van der Waals surface area contributed by atoms with E-state index in [0.717, 1.165) is 0 Å². The van der Waals surface area contributed by atoms with Crippen LogP contribution in [0.4, 0.5) is 0 Å². The van der Waals surface area contributed by atoms with E-state index < -0.39 is 91.9 Å². The molecule has 0 aromatic rings. The van der Waals surface area contributed by atoms with Crippen molar-refractivity contribution in [3.8, 4) is 0 Å². The van der Waals surface area contributed by atoms with Gasteiger partial charge >= 0.3 is 0 Å². The molecular weight excluding hydrogens is 586 g/mol. The molecule has 0 aromatic heterocycles. The molecule has 15 atom stereocenters. The Hall–Kier alpha value is -0.760. The fraction of sp³-hybridized carbons (Fsp3) is 1.00. The van der Waals surface area contributed by atoms with Crippen molar-refractivity contribution < 1.29 is 78.7 Å². The molecule has 0 aliphatic carbocycles. The minimum atomic E-state index is -1.55. The summed E-state index contributed by atoms with van der Waals surface area (Å²) in [6.07, 6.45) is -16.2. The van der Waals surface area contributed by atoms with Crippen molar-refractivity contribution in [3.05, 3.63) is 0 Å². The van der Waals surface area contributed by atoms with Crippen molar-refractivity contribution in [3.63, 3.8) is 0 Å². The molecule has 19 nitrogen and oxygen atoms in total. The van der Waals surface area contributed by atoms with Gasteiger partial charge < -0.3 is 95.9 Å². The first kappa shape index (κ1) is 36.7. The van der Waals surface area contributed by atoms with E-state index in [0.29, 0.717) is 0 Å². The lowest BCUT2D eigenvalue weighted by molar-refractivity contribution is -0.349. The van der Waals surface area contributed by atoms with Gasteiger partial charge in [0.1, 0.15) is 54.9 Å². The molecule has 19 heteroatoms. The first-order chi connectivity index (χ1) is 20.5. The van der Waals surface area contributed by atoms with Crippen molar-refractivity contribution >= 4 is 0 Å². The molecule has 0 saturated carbocycles. The lowest BCUT2D eigenvalue weighted by atomic mass is 9.94. The van der Waals surface area contributed by atoms with E-state index in [-0.39, 0.29) is 59.5 Å². The molecule has 0 spiro atoms. The van der Waals surface area contributed by atoms with Gasteiger partial charge in [-0.05, 0) is 0 Å². The van der Waals surface area contributed by atoms with Crippen LogP contribution in [0.5, 0.6) is 0 Å². The highest BCUT2D eigenvalue weighted by atomic mass is 16.7. The maximum Gasteiger partial charge on any atom is 0.176 e. The zero-order chi connectivity index (χ0) is 31.7. The average Bonchev–Trinajstić information content (AvgIpc) is 2.99. The molecule has 43 heavy (non-hydrogen) atoms. The van der Waals surface area contributed by atoms with E-state index in [1.165, 1.54) is 0 Å². The van der Waals surface area contributed by atoms with Gasteiger partial charge in [-0.2, -0.15) is 0 Å². The summed E-state index contributed by atoms with van der Waals surface area (Å²) in [4.78, 5) is 0. The molecule has 3 fully saturated rings. The molecule has 254 valence electrons. The second-order valence-corrected chi connectivity index (χ2v) is 10.4. The average molecular weight is 634 g/mol. The maximum absolute atomic E-state index is 11.3. The van der Waals surface area contributed by atoms with E-state index in [1.807, 2.05) is 0 Å². The SMILES string of the molecule is NC1[C@H](O[C@H]2C(COCCO)O[C@@H](O[C@H]3C(COCCO)O[C@@H](O)C(N)[C@@H]3O)C(N)[C@@H]2O)OC(COCCO)[C@@H](O)[C@H]1O. The van der Waals surface area contributed by atoms with Gasteiger partial charge in [0, 0.05) is 0 Å². The highest BCUT2D eigenvalue weighted by molar-refractivity contribution is 4.98. The van der Waals surface area contributed by atoms with Gasteiger partial charge in [0.25, 0.3) is 0 Å². The largest absolute Gasteiger partial charge is 0.394 e. The molecule has 14 N–H and O–H groups in total. The molecule has 0 bridgehead atoms. The van der Waals surface area contributed by atoms with Gasteiger partial charge in [-0.3, -0.25) is 0 Å². The summed E-state index contributed by atoms with van der Waals surface area (Å²) in [5.74, 6) is 0. The summed E-state index contributed by atoms with van der Waals surface area (Å²) in [6, 6.07) is -3.88. The third-order valence-electron chi connectivity index (χ3n) is 7.35. The van der Waals surface area contributed by atoms with Gasteiger partial charge in [-0.15, -0.1) is 0 Å². The number of ether oxygens (including phenoxy) is 8. The number of hydrogen-bond donors (Lipinski definition) is 11. The summed E-state index contributed by atoms with van der Waals surface area (Å²) in [5, 5.41) is 80.1. The molecular formula is C24H47N3O16. The van der Waals surface area contributed by atoms with Crippen LogP contribution in [0.2, 0.25) is 0 Å². The van der Waals surface area contributed by atoms with Crippen LogP contribution in [0.1, 0.15) is 0 Å². The van der Waals surface area contributed by atoms with Crippen molar-refractivity contribution in [2.24, 2.45) is 17.2 Å². The number of rotatable bonds is 16. The summed E-state index contributed by atoms with van der Waals surface area (Å²) < 4.78 is 45.0. The Labute approximate surface area is 247 Å². The van der Waals surface area contributed by atoms with Gasteiger partial charge in [0.15, 0.2) is 18.9 Å². The molecule has 3 aliphatic rings. The van der Waals surface area contributed by atoms with E-state index in [9.17, 15) is 30.6 Å². The molecule has 3 heterocycles. The first-order valence-electron chi connectivity index (χ1n) is 14.1. The van der Waals surface area contributed by atoms with Crippen LogP contribution in [-0.2, 0) is 37.9 Å². The number of aliphatic hydroxyl groups is 8. The Morgan fingerprint density at radius 3 is 1.37 bits per heavy atom. The molecule has 3 rings (SSSR count). The molecule has 3 aliphatic heterocycles.